The van der Waals surface area contributed by atoms with Crippen LogP contribution in [0.25, 0.3) is 0 Å². The molecule has 0 saturated heterocycles. The van der Waals surface area contributed by atoms with Gasteiger partial charge >= 0.3 is 0 Å². The van der Waals surface area contributed by atoms with Crippen molar-refractivity contribution in [2.24, 2.45) is 5.92 Å². The summed E-state index contributed by atoms with van der Waals surface area (Å²) < 4.78 is 0. The van der Waals surface area contributed by atoms with Gasteiger partial charge in [-0.15, -0.1) is 11.6 Å². The molecule has 2 rings (SSSR count). The van der Waals surface area contributed by atoms with Crippen LogP contribution >= 0.6 is 11.6 Å². The van der Waals surface area contributed by atoms with Crippen molar-refractivity contribution >= 4 is 23.2 Å². The van der Waals surface area contributed by atoms with E-state index in [2.05, 4.69) is 5.32 Å². The van der Waals surface area contributed by atoms with Gasteiger partial charge in [0.25, 0.3) is 11.6 Å². The van der Waals surface area contributed by atoms with Gasteiger partial charge < -0.3 is 5.32 Å². The Bertz CT molecular complexity index is 515. The van der Waals surface area contributed by atoms with Gasteiger partial charge in [0.15, 0.2) is 0 Å². The summed E-state index contributed by atoms with van der Waals surface area (Å²) in [5.74, 6) is 0.181. The Balaban J connectivity index is 2.06. The summed E-state index contributed by atoms with van der Waals surface area (Å²) in [6.45, 7) is 1.97. The Morgan fingerprint density at radius 1 is 1.58 bits per heavy atom. The van der Waals surface area contributed by atoms with Crippen LogP contribution in [0.15, 0.2) is 18.2 Å². The van der Waals surface area contributed by atoms with E-state index in [9.17, 15) is 14.9 Å². The summed E-state index contributed by atoms with van der Waals surface area (Å²) in [5, 5.41) is 13.5. The molecule has 6 heteroatoms. The maximum Gasteiger partial charge on any atom is 0.273 e. The number of nitrogens with zero attached hydrogens (tertiary/aromatic N) is 1. The molecule has 0 bridgehead atoms. The number of nitro groups is 1. The zero-order chi connectivity index (χ0) is 14.0. The zero-order valence-electron chi connectivity index (χ0n) is 10.6. The molecule has 1 saturated carbocycles. The second-order valence-electron chi connectivity index (χ2n) is 4.77. The van der Waals surface area contributed by atoms with Gasteiger partial charge in [-0.3, -0.25) is 14.9 Å². The Hall–Kier alpha value is -1.62. The van der Waals surface area contributed by atoms with Crippen molar-refractivity contribution in [3.63, 3.8) is 0 Å². The molecule has 19 heavy (non-hydrogen) atoms. The Labute approximate surface area is 116 Å². The van der Waals surface area contributed by atoms with Gasteiger partial charge in [0.2, 0.25) is 0 Å². The topological polar surface area (TPSA) is 72.2 Å². The van der Waals surface area contributed by atoms with E-state index in [1.54, 1.807) is 13.0 Å². The summed E-state index contributed by atoms with van der Waals surface area (Å²) in [7, 11) is 0. The van der Waals surface area contributed by atoms with E-state index in [0.29, 0.717) is 23.6 Å². The van der Waals surface area contributed by atoms with Crippen LogP contribution in [-0.2, 0) is 0 Å². The second kappa shape index (κ2) is 5.57. The molecule has 1 fully saturated rings. The quantitative estimate of drug-likeness (QED) is 0.513. The van der Waals surface area contributed by atoms with Gasteiger partial charge in [0.05, 0.1) is 10.3 Å². The normalized spacial score (nSPS) is 15.9. The second-order valence-corrected chi connectivity index (χ2v) is 5.33. The highest BCUT2D eigenvalue weighted by molar-refractivity contribution is 6.21. The lowest BCUT2D eigenvalue weighted by Gasteiger charge is -2.11. The van der Waals surface area contributed by atoms with Crippen LogP contribution in [0.3, 0.4) is 0 Å². The van der Waals surface area contributed by atoms with Crippen LogP contribution in [0.2, 0.25) is 0 Å². The summed E-state index contributed by atoms with van der Waals surface area (Å²) in [6, 6.07) is 4.48. The average Bonchev–Trinajstić information content (AvgIpc) is 3.19. The number of nitro benzene ring substituents is 1. The first-order valence-electron chi connectivity index (χ1n) is 6.17. The molecule has 0 heterocycles. The molecule has 1 unspecified atom stereocenters. The fraction of sp³-hybridized carbons (Fsp3) is 0.462. The van der Waals surface area contributed by atoms with E-state index in [0.717, 1.165) is 12.8 Å². The van der Waals surface area contributed by atoms with Gasteiger partial charge in [-0.2, -0.15) is 0 Å². The Morgan fingerprint density at radius 2 is 2.26 bits per heavy atom. The maximum absolute atomic E-state index is 12.0. The van der Waals surface area contributed by atoms with E-state index >= 15 is 0 Å². The van der Waals surface area contributed by atoms with E-state index in [4.69, 9.17) is 11.6 Å². The first-order chi connectivity index (χ1) is 9.00. The van der Waals surface area contributed by atoms with Crippen LogP contribution in [0.4, 0.5) is 5.69 Å². The molecular formula is C13H15ClN2O3. The number of alkyl halides is 1. The van der Waals surface area contributed by atoms with E-state index in [1.807, 2.05) is 0 Å². The monoisotopic (exact) mass is 282 g/mol. The first kappa shape index (κ1) is 13.8. The van der Waals surface area contributed by atoms with E-state index < -0.39 is 4.92 Å². The van der Waals surface area contributed by atoms with Gasteiger partial charge in [-0.25, -0.2) is 0 Å². The molecular weight excluding hydrogens is 268 g/mol. The minimum absolute atomic E-state index is 0.0442. The van der Waals surface area contributed by atoms with Crippen molar-refractivity contribution in [3.05, 3.63) is 39.4 Å². The predicted octanol–water partition coefficient (Wildman–Crippen LogP) is 2.65. The molecule has 5 nitrogen and oxygen atoms in total. The van der Waals surface area contributed by atoms with Crippen molar-refractivity contribution in [2.45, 2.75) is 25.1 Å². The number of halogens is 1. The molecule has 0 radical (unpaired) electrons. The standard InChI is InChI=1S/C13H15ClN2O3/c1-8-10(3-2-4-12(8)16(18)19)13(17)15-7-11(14)9-5-6-9/h2-4,9,11H,5-7H2,1H3,(H,15,17). The zero-order valence-corrected chi connectivity index (χ0v) is 11.3. The van der Waals surface area contributed by atoms with Gasteiger partial charge in [0.1, 0.15) is 0 Å². The maximum atomic E-state index is 12.0. The molecule has 1 aliphatic carbocycles. The van der Waals surface area contributed by atoms with Crippen LogP contribution in [0, 0.1) is 23.0 Å². The third-order valence-corrected chi connectivity index (χ3v) is 3.85. The highest BCUT2D eigenvalue weighted by atomic mass is 35.5. The number of carbonyl (C=O) groups is 1. The molecule has 1 aromatic rings. The molecule has 0 aliphatic heterocycles. The van der Waals surface area contributed by atoms with Gasteiger partial charge in [-0.1, -0.05) is 6.07 Å². The van der Waals surface area contributed by atoms with E-state index in [-0.39, 0.29) is 17.0 Å². The summed E-state index contributed by atoms with van der Waals surface area (Å²) >= 11 is 6.11. The van der Waals surface area contributed by atoms with Crippen LogP contribution in [0.1, 0.15) is 28.8 Å². The van der Waals surface area contributed by atoms with E-state index in [1.165, 1.54) is 12.1 Å². The number of hydrogen-bond donors (Lipinski definition) is 1. The number of benzene rings is 1. The van der Waals surface area contributed by atoms with Crippen LogP contribution in [-0.4, -0.2) is 22.8 Å². The Morgan fingerprint density at radius 3 is 2.84 bits per heavy atom. The molecule has 0 aromatic heterocycles. The molecule has 0 spiro atoms. The lowest BCUT2D eigenvalue weighted by Crippen LogP contribution is -2.31. The number of rotatable bonds is 5. The summed E-state index contributed by atoms with van der Waals surface area (Å²) in [5.41, 5.74) is 0.661. The van der Waals surface area contributed by atoms with Gasteiger partial charge in [0, 0.05) is 23.7 Å². The number of hydrogen-bond acceptors (Lipinski definition) is 3. The molecule has 1 N–H and O–H groups in total. The van der Waals surface area contributed by atoms with Crippen LogP contribution < -0.4 is 5.32 Å². The van der Waals surface area contributed by atoms with Crippen molar-refractivity contribution in [2.75, 3.05) is 6.54 Å². The molecule has 1 atom stereocenters. The molecule has 1 aromatic carbocycles. The van der Waals surface area contributed by atoms with Crippen molar-refractivity contribution in [1.29, 1.82) is 0 Å². The predicted molar refractivity (Wildman–Crippen MR) is 72.5 cm³/mol. The first-order valence-corrected chi connectivity index (χ1v) is 6.60. The Kier molecular flexibility index (Phi) is 4.04. The average molecular weight is 283 g/mol. The van der Waals surface area contributed by atoms with Gasteiger partial charge in [-0.05, 0) is 31.7 Å². The third kappa shape index (κ3) is 3.23. The highest BCUT2D eigenvalue weighted by Crippen LogP contribution is 2.35. The summed E-state index contributed by atoms with van der Waals surface area (Å²) in [6.07, 6.45) is 2.22. The minimum atomic E-state index is -0.485. The summed E-state index contributed by atoms with van der Waals surface area (Å²) in [4.78, 5) is 22.3. The SMILES string of the molecule is Cc1c(C(=O)NCC(Cl)C2CC2)cccc1[N+](=O)[O-]. The van der Waals surface area contributed by atoms with Crippen molar-refractivity contribution in [1.82, 2.24) is 5.32 Å². The fourth-order valence-corrected chi connectivity index (χ4v) is 2.31. The number of carbonyl (C=O) groups excluding carboxylic acids is 1. The number of nitrogens with one attached hydrogen (secondary N) is 1. The minimum Gasteiger partial charge on any atom is -0.351 e. The largest absolute Gasteiger partial charge is 0.351 e. The van der Waals surface area contributed by atoms with Crippen molar-refractivity contribution < 1.29 is 9.72 Å². The fourth-order valence-electron chi connectivity index (χ4n) is 1.98. The highest BCUT2D eigenvalue weighted by Gasteiger charge is 2.30. The van der Waals surface area contributed by atoms with Crippen molar-refractivity contribution in [3.8, 4) is 0 Å². The smallest absolute Gasteiger partial charge is 0.273 e. The molecule has 1 aliphatic rings. The van der Waals surface area contributed by atoms with Crippen LogP contribution in [0.5, 0.6) is 0 Å². The molecule has 102 valence electrons. The molecule has 1 amide bonds. The third-order valence-electron chi connectivity index (χ3n) is 3.34. The lowest BCUT2D eigenvalue weighted by atomic mass is 10.1. The lowest BCUT2D eigenvalue weighted by molar-refractivity contribution is -0.385. The number of amides is 1.